The minimum atomic E-state index is -1.26. The molecule has 0 atom stereocenters. The van der Waals surface area contributed by atoms with Crippen LogP contribution in [0.4, 0.5) is 11.4 Å². The van der Waals surface area contributed by atoms with Crippen LogP contribution in [0.1, 0.15) is 55.8 Å². The number of unbranched alkanes of at least 4 members (excludes halogenated alkanes) is 5. The Balaban J connectivity index is 2.58. The van der Waals surface area contributed by atoms with Crippen molar-refractivity contribution in [1.82, 2.24) is 0 Å². The molecule has 0 saturated heterocycles. The SMILES string of the molecule is CCCCCCCCOCC(=O)N(C)c1cc([N+](=O)[O-])ccc1C(=O)O. The Morgan fingerprint density at radius 2 is 1.85 bits per heavy atom. The summed E-state index contributed by atoms with van der Waals surface area (Å²) in [4.78, 5) is 34.8. The lowest BCUT2D eigenvalue weighted by Gasteiger charge is -2.19. The first-order valence-electron chi connectivity index (χ1n) is 8.74. The third-order valence-corrected chi connectivity index (χ3v) is 4.03. The van der Waals surface area contributed by atoms with Gasteiger partial charge in [0.15, 0.2) is 0 Å². The number of nitro benzene ring substituents is 1. The Morgan fingerprint density at radius 3 is 2.46 bits per heavy atom. The molecule has 1 rings (SSSR count). The number of aromatic carboxylic acids is 1. The molecule has 0 fully saturated rings. The van der Waals surface area contributed by atoms with E-state index in [-0.39, 0.29) is 23.5 Å². The van der Waals surface area contributed by atoms with Crippen molar-refractivity contribution in [3.05, 3.63) is 33.9 Å². The van der Waals surface area contributed by atoms with Crippen LogP contribution in [0.25, 0.3) is 0 Å². The predicted octanol–water partition coefficient (Wildman–Crippen LogP) is 3.63. The molecule has 26 heavy (non-hydrogen) atoms. The van der Waals surface area contributed by atoms with Crippen molar-refractivity contribution >= 4 is 23.3 Å². The van der Waals surface area contributed by atoms with E-state index >= 15 is 0 Å². The van der Waals surface area contributed by atoms with Gasteiger partial charge in [0.05, 0.1) is 16.2 Å². The van der Waals surface area contributed by atoms with E-state index in [0.717, 1.165) is 42.4 Å². The zero-order valence-corrected chi connectivity index (χ0v) is 15.3. The summed E-state index contributed by atoms with van der Waals surface area (Å²) in [6, 6.07) is 3.30. The molecule has 0 unspecified atom stereocenters. The van der Waals surface area contributed by atoms with Crippen molar-refractivity contribution in [2.45, 2.75) is 45.4 Å². The van der Waals surface area contributed by atoms with Crippen molar-refractivity contribution in [3.63, 3.8) is 0 Å². The maximum absolute atomic E-state index is 12.2. The van der Waals surface area contributed by atoms with Crippen LogP contribution in [0, 0.1) is 10.1 Å². The fraction of sp³-hybridized carbons (Fsp3) is 0.556. The molecule has 1 amide bonds. The number of carbonyl (C=O) groups is 2. The molecule has 1 aromatic carbocycles. The average Bonchev–Trinajstić information content (AvgIpc) is 2.62. The number of benzene rings is 1. The van der Waals surface area contributed by atoms with Gasteiger partial charge in [-0.25, -0.2) is 4.79 Å². The molecule has 0 aliphatic carbocycles. The third kappa shape index (κ3) is 6.79. The number of amides is 1. The van der Waals surface area contributed by atoms with E-state index < -0.39 is 16.8 Å². The summed E-state index contributed by atoms with van der Waals surface area (Å²) in [5.74, 6) is -1.72. The standard InChI is InChI=1S/C18H26N2O6/c1-3-4-5-6-7-8-11-26-13-17(21)19(2)16-12-14(20(24)25)9-10-15(16)18(22)23/h9-10,12H,3-8,11,13H2,1-2H3,(H,22,23). The molecule has 0 aliphatic rings. The van der Waals surface area contributed by atoms with E-state index in [0.29, 0.717) is 6.61 Å². The monoisotopic (exact) mass is 366 g/mol. The van der Waals surface area contributed by atoms with Crippen LogP contribution in [-0.2, 0) is 9.53 Å². The van der Waals surface area contributed by atoms with E-state index in [1.54, 1.807) is 0 Å². The summed E-state index contributed by atoms with van der Waals surface area (Å²) in [5, 5.41) is 20.1. The van der Waals surface area contributed by atoms with E-state index in [4.69, 9.17) is 4.74 Å². The van der Waals surface area contributed by atoms with Gasteiger partial charge < -0.3 is 14.7 Å². The van der Waals surface area contributed by atoms with E-state index in [2.05, 4.69) is 6.92 Å². The van der Waals surface area contributed by atoms with Crippen molar-refractivity contribution in [1.29, 1.82) is 0 Å². The number of carbonyl (C=O) groups excluding carboxylic acids is 1. The molecule has 1 aromatic rings. The highest BCUT2D eigenvalue weighted by atomic mass is 16.6. The number of non-ortho nitro benzene ring substituents is 1. The van der Waals surface area contributed by atoms with Crippen molar-refractivity contribution < 1.29 is 24.4 Å². The van der Waals surface area contributed by atoms with Crippen molar-refractivity contribution in [2.24, 2.45) is 0 Å². The molecule has 0 bridgehead atoms. The lowest BCUT2D eigenvalue weighted by Crippen LogP contribution is -2.31. The maximum atomic E-state index is 12.2. The maximum Gasteiger partial charge on any atom is 0.337 e. The number of anilines is 1. The molecule has 0 saturated carbocycles. The Morgan fingerprint density at radius 1 is 1.19 bits per heavy atom. The summed E-state index contributed by atoms with van der Waals surface area (Å²) >= 11 is 0. The lowest BCUT2D eigenvalue weighted by atomic mass is 10.1. The number of nitro groups is 1. The first kappa shape index (κ1) is 21.6. The smallest absolute Gasteiger partial charge is 0.337 e. The number of rotatable bonds is 12. The first-order chi connectivity index (χ1) is 12.4. The Hall–Kier alpha value is -2.48. The van der Waals surface area contributed by atoms with Gasteiger partial charge in [0, 0.05) is 25.8 Å². The average molecular weight is 366 g/mol. The van der Waals surface area contributed by atoms with Crippen LogP contribution in [0.3, 0.4) is 0 Å². The number of carboxylic acid groups (broad SMARTS) is 1. The third-order valence-electron chi connectivity index (χ3n) is 4.03. The van der Waals surface area contributed by atoms with Crippen LogP contribution in [-0.4, -0.2) is 42.2 Å². The number of hydrogen-bond acceptors (Lipinski definition) is 5. The normalized spacial score (nSPS) is 10.5. The van der Waals surface area contributed by atoms with Crippen LogP contribution in [0.5, 0.6) is 0 Å². The Kier molecular flexibility index (Phi) is 9.29. The van der Waals surface area contributed by atoms with Crippen LogP contribution >= 0.6 is 0 Å². The minimum Gasteiger partial charge on any atom is -0.478 e. The number of nitrogens with zero attached hydrogens (tertiary/aromatic N) is 2. The van der Waals surface area contributed by atoms with E-state index in [9.17, 15) is 24.8 Å². The fourth-order valence-corrected chi connectivity index (χ4v) is 2.47. The summed E-state index contributed by atoms with van der Waals surface area (Å²) < 4.78 is 5.35. The largest absolute Gasteiger partial charge is 0.478 e. The molecule has 0 heterocycles. The van der Waals surface area contributed by atoms with E-state index in [1.165, 1.54) is 26.3 Å². The van der Waals surface area contributed by atoms with Crippen molar-refractivity contribution in [2.75, 3.05) is 25.2 Å². The van der Waals surface area contributed by atoms with Crippen LogP contribution in [0.15, 0.2) is 18.2 Å². The van der Waals surface area contributed by atoms with E-state index in [1.807, 2.05) is 0 Å². The zero-order valence-electron chi connectivity index (χ0n) is 15.3. The highest BCUT2D eigenvalue weighted by Crippen LogP contribution is 2.25. The molecule has 8 nitrogen and oxygen atoms in total. The number of likely N-dealkylation sites (N-methyl/N-ethyl adjacent to an activating group) is 1. The molecule has 1 N–H and O–H groups in total. The van der Waals surface area contributed by atoms with Crippen LogP contribution in [0.2, 0.25) is 0 Å². The molecular formula is C18H26N2O6. The molecule has 0 aliphatic heterocycles. The second kappa shape index (κ2) is 11.2. The highest BCUT2D eigenvalue weighted by molar-refractivity contribution is 6.02. The van der Waals surface area contributed by atoms with Gasteiger partial charge in [-0.2, -0.15) is 0 Å². The second-order valence-electron chi connectivity index (χ2n) is 6.04. The van der Waals surface area contributed by atoms with Gasteiger partial charge in [-0.05, 0) is 12.5 Å². The Labute approximate surface area is 152 Å². The first-order valence-corrected chi connectivity index (χ1v) is 8.74. The molecule has 8 heteroatoms. The molecule has 0 radical (unpaired) electrons. The van der Waals surface area contributed by atoms with Gasteiger partial charge >= 0.3 is 5.97 Å². The quantitative estimate of drug-likeness (QED) is 0.343. The highest BCUT2D eigenvalue weighted by Gasteiger charge is 2.21. The minimum absolute atomic E-state index is 0.0279. The molecule has 0 spiro atoms. The molecule has 0 aromatic heterocycles. The van der Waals surface area contributed by atoms with Gasteiger partial charge in [-0.3, -0.25) is 14.9 Å². The zero-order chi connectivity index (χ0) is 19.5. The van der Waals surface area contributed by atoms with Gasteiger partial charge in [0.1, 0.15) is 6.61 Å². The van der Waals surface area contributed by atoms with Gasteiger partial charge in [-0.1, -0.05) is 39.0 Å². The van der Waals surface area contributed by atoms with Gasteiger partial charge in [0.2, 0.25) is 0 Å². The lowest BCUT2D eigenvalue weighted by molar-refractivity contribution is -0.384. The van der Waals surface area contributed by atoms with Crippen molar-refractivity contribution in [3.8, 4) is 0 Å². The molecular weight excluding hydrogens is 340 g/mol. The number of hydrogen-bond donors (Lipinski definition) is 1. The summed E-state index contributed by atoms with van der Waals surface area (Å²) in [7, 11) is 1.38. The number of carboxylic acids is 1. The second-order valence-corrected chi connectivity index (χ2v) is 6.04. The fourth-order valence-electron chi connectivity index (χ4n) is 2.47. The predicted molar refractivity (Wildman–Crippen MR) is 97.7 cm³/mol. The number of ether oxygens (including phenoxy) is 1. The summed E-state index contributed by atoms with van der Waals surface area (Å²) in [6.45, 7) is 2.40. The molecule has 144 valence electrons. The topological polar surface area (TPSA) is 110 Å². The van der Waals surface area contributed by atoms with Crippen LogP contribution < -0.4 is 4.90 Å². The van der Waals surface area contributed by atoms with Gasteiger partial charge in [0.25, 0.3) is 11.6 Å². The summed E-state index contributed by atoms with van der Waals surface area (Å²) in [5.41, 5.74) is -0.486. The van der Waals surface area contributed by atoms with Gasteiger partial charge in [-0.15, -0.1) is 0 Å². The Bertz CT molecular complexity index is 632. The summed E-state index contributed by atoms with van der Waals surface area (Å²) in [6.07, 6.45) is 6.65.